The standard InChI is InChI=1S/C23H26F3N3O4/c1-15(2)29-12-19(32-14-17-7-9-18(10-8-17)33-23(24,25)26)11-28(13-21(29)30)22(31)20-6-4-5-16(3)27-20/h4-10,15,19H,11-14H2,1-3H3. The summed E-state index contributed by atoms with van der Waals surface area (Å²) in [4.78, 5) is 33.2. The summed E-state index contributed by atoms with van der Waals surface area (Å²) < 4.78 is 46.9. The Morgan fingerprint density at radius 3 is 2.45 bits per heavy atom. The fourth-order valence-electron chi connectivity index (χ4n) is 3.53. The van der Waals surface area contributed by atoms with Gasteiger partial charge in [0, 0.05) is 24.8 Å². The average molecular weight is 465 g/mol. The van der Waals surface area contributed by atoms with Gasteiger partial charge in [0.05, 0.1) is 12.7 Å². The zero-order valence-corrected chi connectivity index (χ0v) is 18.6. The molecule has 0 spiro atoms. The van der Waals surface area contributed by atoms with Crippen LogP contribution >= 0.6 is 0 Å². The van der Waals surface area contributed by atoms with Crippen molar-refractivity contribution in [3.05, 3.63) is 59.4 Å². The summed E-state index contributed by atoms with van der Waals surface area (Å²) in [7, 11) is 0. The first kappa shape index (κ1) is 24.5. The van der Waals surface area contributed by atoms with Crippen LogP contribution in [0.4, 0.5) is 13.2 Å². The smallest absolute Gasteiger partial charge is 0.406 e. The number of aromatic nitrogens is 1. The molecule has 1 aliphatic rings. The van der Waals surface area contributed by atoms with E-state index in [0.29, 0.717) is 11.3 Å². The van der Waals surface area contributed by atoms with E-state index in [4.69, 9.17) is 4.74 Å². The Kier molecular flexibility index (Phi) is 7.57. The van der Waals surface area contributed by atoms with Crippen molar-refractivity contribution in [3.8, 4) is 5.75 Å². The Labute approximate surface area is 190 Å². The van der Waals surface area contributed by atoms with Crippen LogP contribution in [0.15, 0.2) is 42.5 Å². The number of benzene rings is 1. The van der Waals surface area contributed by atoms with Gasteiger partial charge < -0.3 is 19.3 Å². The lowest BCUT2D eigenvalue weighted by atomic mass is 10.2. The maximum Gasteiger partial charge on any atom is 0.573 e. The van der Waals surface area contributed by atoms with Gasteiger partial charge in [0.15, 0.2) is 0 Å². The second kappa shape index (κ2) is 10.2. The number of ether oxygens (including phenoxy) is 2. The highest BCUT2D eigenvalue weighted by Gasteiger charge is 2.33. The Morgan fingerprint density at radius 2 is 1.85 bits per heavy atom. The molecule has 0 N–H and O–H groups in total. The summed E-state index contributed by atoms with van der Waals surface area (Å²) in [6.07, 6.45) is -5.24. The van der Waals surface area contributed by atoms with Gasteiger partial charge in [-0.1, -0.05) is 18.2 Å². The van der Waals surface area contributed by atoms with Crippen LogP contribution < -0.4 is 4.74 Å². The molecule has 1 aromatic heterocycles. The molecule has 0 radical (unpaired) electrons. The number of aryl methyl sites for hydroxylation is 1. The van der Waals surface area contributed by atoms with Crippen LogP contribution in [0, 0.1) is 6.92 Å². The molecule has 33 heavy (non-hydrogen) atoms. The van der Waals surface area contributed by atoms with Crippen LogP contribution in [0.1, 0.15) is 35.6 Å². The van der Waals surface area contributed by atoms with Gasteiger partial charge in [-0.3, -0.25) is 9.59 Å². The normalized spacial score (nSPS) is 17.3. The average Bonchev–Trinajstić information content (AvgIpc) is 2.90. The van der Waals surface area contributed by atoms with Crippen molar-refractivity contribution in [1.82, 2.24) is 14.8 Å². The van der Waals surface area contributed by atoms with E-state index >= 15 is 0 Å². The number of carbonyl (C=O) groups excluding carboxylic acids is 2. The molecule has 0 saturated carbocycles. The molecule has 7 nitrogen and oxygen atoms in total. The maximum absolute atomic E-state index is 13.0. The molecule has 0 aliphatic carbocycles. The van der Waals surface area contributed by atoms with Gasteiger partial charge in [0.1, 0.15) is 18.0 Å². The molecule has 2 amide bonds. The van der Waals surface area contributed by atoms with Crippen molar-refractivity contribution >= 4 is 11.8 Å². The third-order valence-corrected chi connectivity index (χ3v) is 5.13. The molecule has 3 rings (SSSR count). The monoisotopic (exact) mass is 465 g/mol. The Morgan fingerprint density at radius 1 is 1.15 bits per heavy atom. The van der Waals surface area contributed by atoms with Gasteiger partial charge in [-0.05, 0) is 50.6 Å². The quantitative estimate of drug-likeness (QED) is 0.652. The van der Waals surface area contributed by atoms with Gasteiger partial charge in [0.2, 0.25) is 5.91 Å². The third kappa shape index (κ3) is 6.92. The number of pyridine rings is 1. The van der Waals surface area contributed by atoms with E-state index in [2.05, 4.69) is 9.72 Å². The number of alkyl halides is 3. The second-order valence-electron chi connectivity index (χ2n) is 8.11. The minimum atomic E-state index is -4.76. The number of amides is 2. The maximum atomic E-state index is 13.0. The number of rotatable bonds is 6. The van der Waals surface area contributed by atoms with Gasteiger partial charge in [-0.15, -0.1) is 13.2 Å². The number of nitrogens with zero attached hydrogens (tertiary/aromatic N) is 3. The second-order valence-corrected chi connectivity index (χ2v) is 8.11. The summed E-state index contributed by atoms with van der Waals surface area (Å²) in [6, 6.07) is 10.4. The van der Waals surface area contributed by atoms with Crippen LogP contribution in [-0.4, -0.2) is 64.7 Å². The molecule has 2 heterocycles. The first-order valence-electron chi connectivity index (χ1n) is 10.5. The van der Waals surface area contributed by atoms with Crippen molar-refractivity contribution in [3.63, 3.8) is 0 Å². The summed E-state index contributed by atoms with van der Waals surface area (Å²) in [5.74, 6) is -0.870. The highest BCUT2D eigenvalue weighted by molar-refractivity contribution is 5.95. The van der Waals surface area contributed by atoms with Crippen molar-refractivity contribution in [2.24, 2.45) is 0 Å². The molecule has 1 aromatic carbocycles. The topological polar surface area (TPSA) is 72.0 Å². The molecule has 178 valence electrons. The minimum Gasteiger partial charge on any atom is -0.406 e. The fourth-order valence-corrected chi connectivity index (χ4v) is 3.53. The number of halogens is 3. The number of hydrogen-bond acceptors (Lipinski definition) is 5. The number of hydrogen-bond donors (Lipinski definition) is 0. The fraction of sp³-hybridized carbons (Fsp3) is 0.435. The van der Waals surface area contributed by atoms with Crippen LogP contribution in [0.5, 0.6) is 5.75 Å². The molecule has 1 saturated heterocycles. The summed E-state index contributed by atoms with van der Waals surface area (Å²) in [5.41, 5.74) is 1.57. The van der Waals surface area contributed by atoms with Crippen molar-refractivity contribution in [1.29, 1.82) is 0 Å². The van der Waals surface area contributed by atoms with E-state index in [1.54, 1.807) is 30.0 Å². The van der Waals surface area contributed by atoms with Crippen molar-refractivity contribution < 1.29 is 32.2 Å². The molecular formula is C23H26F3N3O4. The minimum absolute atomic E-state index is 0.0873. The van der Waals surface area contributed by atoms with E-state index in [1.807, 2.05) is 13.8 Å². The van der Waals surface area contributed by atoms with Crippen LogP contribution in [0.2, 0.25) is 0 Å². The molecule has 1 aliphatic heterocycles. The molecule has 1 fully saturated rings. The third-order valence-electron chi connectivity index (χ3n) is 5.13. The van der Waals surface area contributed by atoms with Gasteiger partial charge >= 0.3 is 6.36 Å². The molecule has 1 unspecified atom stereocenters. The highest BCUT2D eigenvalue weighted by Crippen LogP contribution is 2.23. The lowest BCUT2D eigenvalue weighted by molar-refractivity contribution is -0.274. The van der Waals surface area contributed by atoms with Crippen LogP contribution in [-0.2, 0) is 16.1 Å². The molecular weight excluding hydrogens is 439 g/mol. The predicted octanol–water partition coefficient (Wildman–Crippen LogP) is 3.57. The predicted molar refractivity (Wildman–Crippen MR) is 113 cm³/mol. The SMILES string of the molecule is Cc1cccc(C(=O)N2CC(=O)N(C(C)C)CC(OCc3ccc(OC(F)(F)F)cc3)C2)n1. The highest BCUT2D eigenvalue weighted by atomic mass is 19.4. The summed E-state index contributed by atoms with van der Waals surface area (Å²) in [6.45, 7) is 6.02. The van der Waals surface area contributed by atoms with E-state index in [-0.39, 0.29) is 55.5 Å². The van der Waals surface area contributed by atoms with Gasteiger partial charge in [-0.25, -0.2) is 4.98 Å². The van der Waals surface area contributed by atoms with Crippen molar-refractivity contribution in [2.45, 2.75) is 45.9 Å². The van der Waals surface area contributed by atoms with Gasteiger partial charge in [0.25, 0.3) is 5.91 Å². The van der Waals surface area contributed by atoms with Crippen LogP contribution in [0.3, 0.4) is 0 Å². The van der Waals surface area contributed by atoms with E-state index < -0.39 is 12.5 Å². The molecule has 1 atom stereocenters. The molecule has 2 aromatic rings. The lowest BCUT2D eigenvalue weighted by Crippen LogP contribution is -2.42. The zero-order chi connectivity index (χ0) is 24.2. The zero-order valence-electron chi connectivity index (χ0n) is 18.6. The number of carbonyl (C=O) groups is 2. The molecule has 10 heteroatoms. The Hall–Kier alpha value is -3.14. The van der Waals surface area contributed by atoms with Gasteiger partial charge in [-0.2, -0.15) is 0 Å². The summed E-state index contributed by atoms with van der Waals surface area (Å²) >= 11 is 0. The van der Waals surface area contributed by atoms with E-state index in [9.17, 15) is 22.8 Å². The summed E-state index contributed by atoms with van der Waals surface area (Å²) in [5, 5.41) is 0. The van der Waals surface area contributed by atoms with Crippen LogP contribution in [0.25, 0.3) is 0 Å². The van der Waals surface area contributed by atoms with E-state index in [1.165, 1.54) is 29.2 Å². The first-order valence-corrected chi connectivity index (χ1v) is 10.5. The Balaban J connectivity index is 1.72. The largest absolute Gasteiger partial charge is 0.573 e. The first-order chi connectivity index (χ1) is 15.5. The van der Waals surface area contributed by atoms with E-state index in [0.717, 1.165) is 0 Å². The van der Waals surface area contributed by atoms with Crippen molar-refractivity contribution in [2.75, 3.05) is 19.6 Å². The Bertz CT molecular complexity index is 980. The lowest BCUT2D eigenvalue weighted by Gasteiger charge is -2.27. The molecule has 0 bridgehead atoms.